The number of imidazole rings is 1. The highest BCUT2D eigenvalue weighted by atomic mass is 15.1. The van der Waals surface area contributed by atoms with Gasteiger partial charge >= 0.3 is 0 Å². The molecule has 1 heterocycles. The monoisotopic (exact) mass is 287 g/mol. The molecule has 0 atom stereocenters. The van der Waals surface area contributed by atoms with Crippen molar-refractivity contribution in [2.24, 2.45) is 5.41 Å². The minimum absolute atomic E-state index is 0.106. The first-order valence-corrected chi connectivity index (χ1v) is 7.91. The van der Waals surface area contributed by atoms with Crippen LogP contribution in [-0.4, -0.2) is 15.1 Å². The van der Waals surface area contributed by atoms with Gasteiger partial charge in [0.2, 0.25) is 0 Å². The molecule has 0 unspecified atom stereocenters. The molecule has 0 saturated carbocycles. The predicted octanol–water partition coefficient (Wildman–Crippen LogP) is 4.36. The number of aryl methyl sites for hydroxylation is 1. The van der Waals surface area contributed by atoms with E-state index in [2.05, 4.69) is 75.7 Å². The van der Waals surface area contributed by atoms with Crippen LogP contribution in [0.5, 0.6) is 0 Å². The topological polar surface area (TPSA) is 29.9 Å². The van der Waals surface area contributed by atoms with Gasteiger partial charge in [-0.2, -0.15) is 0 Å². The first-order chi connectivity index (χ1) is 9.72. The standard InChI is InChI=1S/C18H29N3/c1-7-21-15-11-9-8-10-14(15)20-16(21)12-19-18(5,6)13-17(2,3)4/h8-11,19H,7,12-13H2,1-6H3. The summed E-state index contributed by atoms with van der Waals surface area (Å²) in [6.07, 6.45) is 1.13. The van der Waals surface area contributed by atoms with Gasteiger partial charge in [0.05, 0.1) is 17.6 Å². The molecule has 3 heteroatoms. The number of nitrogens with zero attached hydrogens (tertiary/aromatic N) is 2. The van der Waals surface area contributed by atoms with Gasteiger partial charge in [0.1, 0.15) is 5.82 Å². The minimum atomic E-state index is 0.106. The maximum Gasteiger partial charge on any atom is 0.123 e. The normalized spacial score (nSPS) is 13.0. The lowest BCUT2D eigenvalue weighted by Crippen LogP contribution is -2.42. The van der Waals surface area contributed by atoms with Gasteiger partial charge in [-0.25, -0.2) is 4.98 Å². The summed E-state index contributed by atoms with van der Waals surface area (Å²) >= 11 is 0. The van der Waals surface area contributed by atoms with E-state index in [1.807, 2.05) is 0 Å². The Hall–Kier alpha value is -1.35. The van der Waals surface area contributed by atoms with E-state index in [0.29, 0.717) is 5.41 Å². The molecule has 2 rings (SSSR count). The van der Waals surface area contributed by atoms with E-state index < -0.39 is 0 Å². The molecule has 0 amide bonds. The van der Waals surface area contributed by atoms with Crippen LogP contribution in [0.3, 0.4) is 0 Å². The molecule has 1 aromatic carbocycles. The second kappa shape index (κ2) is 5.80. The molecule has 2 aromatic rings. The van der Waals surface area contributed by atoms with Crippen molar-refractivity contribution in [2.75, 3.05) is 0 Å². The Morgan fingerprint density at radius 2 is 1.76 bits per heavy atom. The lowest BCUT2D eigenvalue weighted by Gasteiger charge is -2.33. The molecule has 0 aliphatic rings. The van der Waals surface area contributed by atoms with Gasteiger partial charge in [0, 0.05) is 12.1 Å². The highest BCUT2D eigenvalue weighted by Crippen LogP contribution is 2.27. The lowest BCUT2D eigenvalue weighted by atomic mass is 9.82. The third-order valence-electron chi connectivity index (χ3n) is 3.75. The Balaban J connectivity index is 2.17. The molecule has 0 spiro atoms. The van der Waals surface area contributed by atoms with Gasteiger partial charge in [-0.15, -0.1) is 0 Å². The van der Waals surface area contributed by atoms with E-state index in [0.717, 1.165) is 30.9 Å². The fourth-order valence-electron chi connectivity index (χ4n) is 3.32. The highest BCUT2D eigenvalue weighted by Gasteiger charge is 2.25. The van der Waals surface area contributed by atoms with E-state index in [1.165, 1.54) is 5.52 Å². The number of hydrogen-bond donors (Lipinski definition) is 1. The van der Waals surface area contributed by atoms with Crippen molar-refractivity contribution < 1.29 is 0 Å². The fourth-order valence-corrected chi connectivity index (χ4v) is 3.32. The molecular weight excluding hydrogens is 258 g/mol. The van der Waals surface area contributed by atoms with Crippen LogP contribution in [0.4, 0.5) is 0 Å². The first kappa shape index (κ1) is 16.0. The van der Waals surface area contributed by atoms with Gasteiger partial charge in [-0.3, -0.25) is 0 Å². The van der Waals surface area contributed by atoms with Crippen LogP contribution in [0.15, 0.2) is 24.3 Å². The van der Waals surface area contributed by atoms with Crippen molar-refractivity contribution in [1.82, 2.24) is 14.9 Å². The largest absolute Gasteiger partial charge is 0.327 e. The average molecular weight is 287 g/mol. The molecule has 0 saturated heterocycles. The maximum absolute atomic E-state index is 4.78. The van der Waals surface area contributed by atoms with E-state index in [-0.39, 0.29) is 5.54 Å². The van der Waals surface area contributed by atoms with Crippen molar-refractivity contribution >= 4 is 11.0 Å². The van der Waals surface area contributed by atoms with Crippen LogP contribution in [-0.2, 0) is 13.1 Å². The molecule has 0 radical (unpaired) electrons. The number of benzene rings is 1. The summed E-state index contributed by atoms with van der Waals surface area (Å²) in [6, 6.07) is 8.37. The van der Waals surface area contributed by atoms with Crippen LogP contribution in [0.2, 0.25) is 0 Å². The van der Waals surface area contributed by atoms with E-state index >= 15 is 0 Å². The number of para-hydroxylation sites is 2. The number of aromatic nitrogens is 2. The number of hydrogen-bond acceptors (Lipinski definition) is 2. The molecule has 1 aromatic heterocycles. The van der Waals surface area contributed by atoms with Gasteiger partial charge in [0.25, 0.3) is 0 Å². The zero-order valence-electron chi connectivity index (χ0n) is 14.3. The maximum atomic E-state index is 4.78. The van der Waals surface area contributed by atoms with E-state index in [9.17, 15) is 0 Å². The second-order valence-electron chi connectivity index (χ2n) is 7.74. The van der Waals surface area contributed by atoms with Crippen molar-refractivity contribution in [3.63, 3.8) is 0 Å². The predicted molar refractivity (Wildman–Crippen MR) is 90.4 cm³/mol. The summed E-state index contributed by atoms with van der Waals surface area (Å²) in [7, 11) is 0. The molecule has 0 fully saturated rings. The Labute approximate surface area is 128 Å². The molecule has 0 bridgehead atoms. The van der Waals surface area contributed by atoms with Gasteiger partial charge < -0.3 is 9.88 Å². The van der Waals surface area contributed by atoms with E-state index in [4.69, 9.17) is 4.98 Å². The Morgan fingerprint density at radius 3 is 2.38 bits per heavy atom. The number of rotatable bonds is 5. The summed E-state index contributed by atoms with van der Waals surface area (Å²) in [5.41, 5.74) is 2.74. The summed E-state index contributed by atoms with van der Waals surface area (Å²) in [5, 5.41) is 3.68. The Morgan fingerprint density at radius 1 is 1.10 bits per heavy atom. The Kier molecular flexibility index (Phi) is 4.43. The van der Waals surface area contributed by atoms with Crippen LogP contribution in [0.25, 0.3) is 11.0 Å². The van der Waals surface area contributed by atoms with Crippen LogP contribution < -0.4 is 5.32 Å². The summed E-state index contributed by atoms with van der Waals surface area (Å²) in [5.74, 6) is 1.13. The quantitative estimate of drug-likeness (QED) is 0.885. The molecule has 3 nitrogen and oxygen atoms in total. The summed E-state index contributed by atoms with van der Waals surface area (Å²) < 4.78 is 2.30. The highest BCUT2D eigenvalue weighted by molar-refractivity contribution is 5.75. The molecule has 0 aliphatic carbocycles. The molecule has 1 N–H and O–H groups in total. The zero-order chi connectivity index (χ0) is 15.7. The fraction of sp³-hybridized carbons (Fsp3) is 0.611. The number of fused-ring (bicyclic) bond motifs is 1. The van der Waals surface area contributed by atoms with Crippen LogP contribution in [0, 0.1) is 5.41 Å². The molecule has 116 valence electrons. The smallest absolute Gasteiger partial charge is 0.123 e. The molecule has 21 heavy (non-hydrogen) atoms. The van der Waals surface area contributed by atoms with Crippen molar-refractivity contribution in [3.8, 4) is 0 Å². The second-order valence-corrected chi connectivity index (χ2v) is 7.74. The lowest BCUT2D eigenvalue weighted by molar-refractivity contribution is 0.238. The summed E-state index contributed by atoms with van der Waals surface area (Å²) in [4.78, 5) is 4.78. The SMILES string of the molecule is CCn1c(CNC(C)(C)CC(C)(C)C)nc2ccccc21. The van der Waals surface area contributed by atoms with Gasteiger partial charge in [-0.1, -0.05) is 32.9 Å². The summed E-state index contributed by atoms with van der Waals surface area (Å²) in [6.45, 7) is 15.4. The Bertz CT molecular complexity index is 602. The van der Waals surface area contributed by atoms with Gasteiger partial charge in [-0.05, 0) is 44.7 Å². The minimum Gasteiger partial charge on any atom is -0.327 e. The van der Waals surface area contributed by atoms with Crippen molar-refractivity contribution in [2.45, 2.75) is 66.6 Å². The zero-order valence-corrected chi connectivity index (χ0v) is 14.3. The third-order valence-corrected chi connectivity index (χ3v) is 3.75. The van der Waals surface area contributed by atoms with E-state index in [1.54, 1.807) is 0 Å². The molecule has 0 aliphatic heterocycles. The van der Waals surface area contributed by atoms with Crippen LogP contribution >= 0.6 is 0 Å². The average Bonchev–Trinajstić information content (AvgIpc) is 2.71. The molecular formula is C18H29N3. The first-order valence-electron chi connectivity index (χ1n) is 7.91. The van der Waals surface area contributed by atoms with Gasteiger partial charge in [0.15, 0.2) is 0 Å². The van der Waals surface area contributed by atoms with Crippen LogP contribution in [0.1, 0.15) is 53.8 Å². The van der Waals surface area contributed by atoms with Crippen molar-refractivity contribution in [3.05, 3.63) is 30.1 Å². The third kappa shape index (κ3) is 4.07. The van der Waals surface area contributed by atoms with Crippen molar-refractivity contribution in [1.29, 1.82) is 0 Å². The number of nitrogens with one attached hydrogen (secondary N) is 1.